The Morgan fingerprint density at radius 1 is 1.33 bits per heavy atom. The fourth-order valence-corrected chi connectivity index (χ4v) is 2.10. The van der Waals surface area contributed by atoms with Crippen LogP contribution in [0.4, 0.5) is 5.95 Å². The van der Waals surface area contributed by atoms with E-state index in [1.807, 2.05) is 12.3 Å². The molecule has 0 fully saturated rings. The van der Waals surface area contributed by atoms with Gasteiger partial charge in [-0.1, -0.05) is 6.92 Å². The maximum absolute atomic E-state index is 5.47. The number of nitrogens with one attached hydrogen (secondary N) is 1. The highest BCUT2D eigenvalue weighted by atomic mass is 32.1. The summed E-state index contributed by atoms with van der Waals surface area (Å²) in [6, 6.07) is 2.43. The first-order chi connectivity index (χ1) is 8.72. The second-order valence-corrected chi connectivity index (χ2v) is 4.93. The molecule has 0 bridgehead atoms. The average molecular weight is 264 g/mol. The number of aromatic nitrogens is 3. The first-order valence-electron chi connectivity index (χ1n) is 5.85. The van der Waals surface area contributed by atoms with Gasteiger partial charge in [0.25, 0.3) is 0 Å². The topological polar surface area (TPSA) is 59.9 Å². The molecule has 0 radical (unpaired) electrons. The van der Waals surface area contributed by atoms with Crippen LogP contribution in [0.2, 0.25) is 0 Å². The van der Waals surface area contributed by atoms with Crippen molar-refractivity contribution < 1.29 is 4.74 Å². The van der Waals surface area contributed by atoms with Crippen molar-refractivity contribution in [1.82, 2.24) is 15.0 Å². The quantitative estimate of drug-likeness (QED) is 0.899. The van der Waals surface area contributed by atoms with E-state index in [1.165, 1.54) is 4.88 Å². The van der Waals surface area contributed by atoms with Gasteiger partial charge < -0.3 is 10.1 Å². The number of hydrogen-bond acceptors (Lipinski definition) is 6. The van der Waals surface area contributed by atoms with E-state index in [2.05, 4.69) is 33.3 Å². The number of aryl methyl sites for hydroxylation is 1. The Morgan fingerprint density at radius 3 is 2.78 bits per heavy atom. The minimum absolute atomic E-state index is 0.370. The Balaban J connectivity index is 2.34. The molecule has 0 saturated carbocycles. The van der Waals surface area contributed by atoms with Crippen molar-refractivity contribution >= 4 is 17.3 Å². The van der Waals surface area contributed by atoms with Gasteiger partial charge in [0, 0.05) is 22.9 Å². The molecule has 2 rings (SSSR count). The minimum Gasteiger partial charge on any atom is -0.463 e. The Morgan fingerprint density at radius 2 is 2.17 bits per heavy atom. The van der Waals surface area contributed by atoms with E-state index in [-0.39, 0.29) is 0 Å². The molecule has 18 heavy (non-hydrogen) atoms. The second-order valence-electron chi connectivity index (χ2n) is 3.81. The summed E-state index contributed by atoms with van der Waals surface area (Å²) in [4.78, 5) is 14.1. The molecule has 2 aromatic rings. The zero-order valence-corrected chi connectivity index (χ0v) is 11.5. The predicted octanol–water partition coefficient (Wildman–Crippen LogP) is 2.74. The van der Waals surface area contributed by atoms with Crippen molar-refractivity contribution in [3.63, 3.8) is 0 Å². The van der Waals surface area contributed by atoms with Gasteiger partial charge in [-0.2, -0.15) is 15.0 Å². The first kappa shape index (κ1) is 12.8. The van der Waals surface area contributed by atoms with Crippen LogP contribution >= 0.6 is 11.3 Å². The van der Waals surface area contributed by atoms with Crippen LogP contribution in [0.15, 0.2) is 11.4 Å². The molecule has 0 saturated heterocycles. The molecule has 0 atom stereocenters. The molecule has 0 aromatic carbocycles. The number of anilines is 1. The number of thiophene rings is 1. The highest BCUT2D eigenvalue weighted by Crippen LogP contribution is 2.24. The summed E-state index contributed by atoms with van der Waals surface area (Å²) in [7, 11) is 1.78. The Bertz CT molecular complexity index is 527. The molecule has 0 unspecified atom stereocenters. The van der Waals surface area contributed by atoms with E-state index in [4.69, 9.17) is 4.74 Å². The minimum atomic E-state index is 0.370. The third kappa shape index (κ3) is 2.95. The Labute approximate surface area is 110 Å². The van der Waals surface area contributed by atoms with Crippen LogP contribution < -0.4 is 10.1 Å². The van der Waals surface area contributed by atoms with E-state index in [9.17, 15) is 0 Å². The van der Waals surface area contributed by atoms with Gasteiger partial charge in [0.15, 0.2) is 5.82 Å². The molecule has 0 aliphatic rings. The largest absolute Gasteiger partial charge is 0.463 e. The van der Waals surface area contributed by atoms with Gasteiger partial charge in [0.1, 0.15) is 0 Å². The van der Waals surface area contributed by atoms with Gasteiger partial charge in [-0.3, -0.25) is 0 Å². The van der Waals surface area contributed by atoms with Crippen LogP contribution in [0, 0.1) is 6.92 Å². The van der Waals surface area contributed by atoms with Crippen LogP contribution in [0.3, 0.4) is 0 Å². The lowest BCUT2D eigenvalue weighted by Crippen LogP contribution is -2.05. The standard InChI is InChI=1S/C12H16N4OS/c1-4-5-17-12-15-10(14-11(13-3)16-12)9-6-8(2)18-7-9/h6-7H,4-5H2,1-3H3,(H,13,14,15,16). The number of ether oxygens (including phenoxy) is 1. The number of nitrogens with zero attached hydrogens (tertiary/aromatic N) is 3. The first-order valence-corrected chi connectivity index (χ1v) is 6.73. The van der Waals surface area contributed by atoms with Gasteiger partial charge in [-0.25, -0.2) is 0 Å². The van der Waals surface area contributed by atoms with Crippen molar-refractivity contribution in [2.75, 3.05) is 19.0 Å². The normalized spacial score (nSPS) is 10.4. The highest BCUT2D eigenvalue weighted by molar-refractivity contribution is 7.10. The van der Waals surface area contributed by atoms with Crippen LogP contribution in [0.1, 0.15) is 18.2 Å². The zero-order chi connectivity index (χ0) is 13.0. The molecule has 0 aliphatic carbocycles. The fourth-order valence-electron chi connectivity index (χ4n) is 1.42. The Kier molecular flexibility index (Phi) is 4.09. The molecule has 96 valence electrons. The molecular formula is C12H16N4OS. The molecule has 0 amide bonds. The van der Waals surface area contributed by atoms with Crippen LogP contribution in [0.25, 0.3) is 11.4 Å². The zero-order valence-electron chi connectivity index (χ0n) is 10.7. The van der Waals surface area contributed by atoms with E-state index in [0.29, 0.717) is 24.4 Å². The van der Waals surface area contributed by atoms with Crippen molar-refractivity contribution in [2.24, 2.45) is 0 Å². The Hall–Kier alpha value is -1.69. The summed E-state index contributed by atoms with van der Waals surface area (Å²) in [5.74, 6) is 1.17. The summed E-state index contributed by atoms with van der Waals surface area (Å²) in [5.41, 5.74) is 0.998. The lowest BCUT2D eigenvalue weighted by Gasteiger charge is -2.06. The molecular weight excluding hydrogens is 248 g/mol. The monoisotopic (exact) mass is 264 g/mol. The van der Waals surface area contributed by atoms with Gasteiger partial charge >= 0.3 is 6.01 Å². The lowest BCUT2D eigenvalue weighted by atomic mass is 10.3. The van der Waals surface area contributed by atoms with Gasteiger partial charge in [-0.15, -0.1) is 11.3 Å². The summed E-state index contributed by atoms with van der Waals surface area (Å²) in [6.07, 6.45) is 0.924. The molecule has 2 heterocycles. The van der Waals surface area contributed by atoms with E-state index < -0.39 is 0 Å². The molecule has 6 heteroatoms. The van der Waals surface area contributed by atoms with Crippen LogP contribution in [-0.2, 0) is 0 Å². The SMILES string of the molecule is CCCOc1nc(NC)nc(-c2csc(C)c2)n1. The number of rotatable bonds is 5. The fraction of sp³-hybridized carbons (Fsp3) is 0.417. The summed E-state index contributed by atoms with van der Waals surface area (Å²) in [5, 5.41) is 4.96. The van der Waals surface area contributed by atoms with Crippen molar-refractivity contribution in [2.45, 2.75) is 20.3 Å². The molecule has 2 aromatic heterocycles. The van der Waals surface area contributed by atoms with Crippen molar-refractivity contribution in [3.8, 4) is 17.4 Å². The van der Waals surface area contributed by atoms with E-state index in [1.54, 1.807) is 18.4 Å². The molecule has 1 N–H and O–H groups in total. The average Bonchev–Trinajstić information content (AvgIpc) is 2.82. The van der Waals surface area contributed by atoms with Crippen LogP contribution in [-0.4, -0.2) is 28.6 Å². The molecule has 0 spiro atoms. The maximum Gasteiger partial charge on any atom is 0.321 e. The summed E-state index contributed by atoms with van der Waals surface area (Å²) in [6.45, 7) is 4.71. The van der Waals surface area contributed by atoms with Crippen molar-refractivity contribution in [3.05, 3.63) is 16.3 Å². The summed E-state index contributed by atoms with van der Waals surface area (Å²) < 4.78 is 5.47. The van der Waals surface area contributed by atoms with Gasteiger partial charge in [0.2, 0.25) is 5.95 Å². The summed E-state index contributed by atoms with van der Waals surface area (Å²) >= 11 is 1.67. The number of hydrogen-bond donors (Lipinski definition) is 1. The lowest BCUT2D eigenvalue weighted by molar-refractivity contribution is 0.292. The maximum atomic E-state index is 5.47. The van der Waals surface area contributed by atoms with E-state index >= 15 is 0 Å². The molecule has 5 nitrogen and oxygen atoms in total. The van der Waals surface area contributed by atoms with Crippen LogP contribution in [0.5, 0.6) is 6.01 Å². The van der Waals surface area contributed by atoms with E-state index in [0.717, 1.165) is 12.0 Å². The van der Waals surface area contributed by atoms with Gasteiger partial charge in [0.05, 0.1) is 6.61 Å². The molecule has 0 aliphatic heterocycles. The second kappa shape index (κ2) is 5.77. The van der Waals surface area contributed by atoms with Crippen molar-refractivity contribution in [1.29, 1.82) is 0 Å². The predicted molar refractivity (Wildman–Crippen MR) is 73.2 cm³/mol. The highest BCUT2D eigenvalue weighted by Gasteiger charge is 2.09. The van der Waals surface area contributed by atoms with Gasteiger partial charge in [-0.05, 0) is 19.4 Å². The smallest absolute Gasteiger partial charge is 0.321 e. The third-order valence-electron chi connectivity index (χ3n) is 2.26. The third-order valence-corrected chi connectivity index (χ3v) is 3.12.